The predicted octanol–water partition coefficient (Wildman–Crippen LogP) is 4.32. The molecule has 3 heterocycles. The van der Waals surface area contributed by atoms with E-state index in [1.165, 1.54) is 11.3 Å². The summed E-state index contributed by atoms with van der Waals surface area (Å²) in [5.41, 5.74) is 4.29. The quantitative estimate of drug-likeness (QED) is 0.611. The van der Waals surface area contributed by atoms with Gasteiger partial charge in [-0.3, -0.25) is 4.79 Å². The lowest BCUT2D eigenvalue weighted by molar-refractivity contribution is 0.102. The highest BCUT2D eigenvalue weighted by molar-refractivity contribution is 7.08. The summed E-state index contributed by atoms with van der Waals surface area (Å²) in [6, 6.07) is 15.4. The second kappa shape index (κ2) is 5.70. The van der Waals surface area contributed by atoms with Crippen molar-refractivity contribution in [3.8, 4) is 11.3 Å². The Hall–Kier alpha value is -2.92. The second-order valence-corrected chi connectivity index (χ2v) is 5.92. The Labute approximate surface area is 137 Å². The highest BCUT2D eigenvalue weighted by Crippen LogP contribution is 2.21. The molecule has 1 amide bonds. The van der Waals surface area contributed by atoms with Crippen LogP contribution in [0.5, 0.6) is 0 Å². The van der Waals surface area contributed by atoms with Gasteiger partial charge in [0.1, 0.15) is 5.65 Å². The number of pyridine rings is 1. The van der Waals surface area contributed by atoms with Gasteiger partial charge >= 0.3 is 0 Å². The molecule has 0 aliphatic rings. The molecule has 0 aliphatic carbocycles. The van der Waals surface area contributed by atoms with Crippen molar-refractivity contribution in [2.75, 3.05) is 5.32 Å². The van der Waals surface area contributed by atoms with E-state index < -0.39 is 0 Å². The maximum atomic E-state index is 12.0. The molecule has 0 spiro atoms. The minimum absolute atomic E-state index is 0.0910. The fourth-order valence-corrected chi connectivity index (χ4v) is 3.03. The van der Waals surface area contributed by atoms with Crippen molar-refractivity contribution in [1.82, 2.24) is 9.38 Å². The molecule has 23 heavy (non-hydrogen) atoms. The molecule has 0 unspecified atom stereocenters. The molecule has 1 N–H and O–H groups in total. The van der Waals surface area contributed by atoms with Crippen LogP contribution in [0.3, 0.4) is 0 Å². The van der Waals surface area contributed by atoms with E-state index in [0.29, 0.717) is 5.56 Å². The molecule has 5 heteroatoms. The zero-order chi connectivity index (χ0) is 15.6. The number of rotatable bonds is 3. The Morgan fingerprint density at radius 1 is 1.09 bits per heavy atom. The number of thiophene rings is 1. The minimum atomic E-state index is -0.0910. The summed E-state index contributed by atoms with van der Waals surface area (Å²) in [5.74, 6) is -0.0910. The number of aromatic nitrogens is 2. The fraction of sp³-hybridized carbons (Fsp3) is 0. The van der Waals surface area contributed by atoms with Gasteiger partial charge in [-0.05, 0) is 35.7 Å². The number of hydrogen-bond acceptors (Lipinski definition) is 3. The Balaban J connectivity index is 1.57. The molecule has 0 fully saturated rings. The van der Waals surface area contributed by atoms with Crippen molar-refractivity contribution < 1.29 is 4.79 Å². The molecule has 4 nitrogen and oxygen atoms in total. The van der Waals surface area contributed by atoms with Crippen LogP contribution in [0, 0.1) is 0 Å². The van der Waals surface area contributed by atoms with Crippen LogP contribution in [0.4, 0.5) is 5.69 Å². The maximum Gasteiger partial charge on any atom is 0.256 e. The van der Waals surface area contributed by atoms with E-state index in [1.807, 2.05) is 76.1 Å². The molecule has 0 radical (unpaired) electrons. The SMILES string of the molecule is O=C(Nc1ccc(-c2cn3ccccc3n2)cc1)c1ccsc1. The number of hydrogen-bond donors (Lipinski definition) is 1. The number of nitrogens with one attached hydrogen (secondary N) is 1. The van der Waals surface area contributed by atoms with Gasteiger partial charge in [-0.1, -0.05) is 18.2 Å². The van der Waals surface area contributed by atoms with Crippen LogP contribution in [0.25, 0.3) is 16.9 Å². The van der Waals surface area contributed by atoms with E-state index in [9.17, 15) is 4.79 Å². The molecule has 0 saturated heterocycles. The minimum Gasteiger partial charge on any atom is -0.322 e. The fourth-order valence-electron chi connectivity index (χ4n) is 2.39. The second-order valence-electron chi connectivity index (χ2n) is 5.14. The van der Waals surface area contributed by atoms with Crippen molar-refractivity contribution >= 4 is 28.6 Å². The molecule has 0 saturated carbocycles. The van der Waals surface area contributed by atoms with Crippen LogP contribution in [0.2, 0.25) is 0 Å². The Morgan fingerprint density at radius 3 is 2.70 bits per heavy atom. The van der Waals surface area contributed by atoms with Gasteiger partial charge in [0.2, 0.25) is 0 Å². The summed E-state index contributed by atoms with van der Waals surface area (Å²) in [6.07, 6.45) is 3.97. The first-order valence-electron chi connectivity index (χ1n) is 7.17. The van der Waals surface area contributed by atoms with Crippen LogP contribution >= 0.6 is 11.3 Å². The third-order valence-electron chi connectivity index (χ3n) is 3.59. The summed E-state index contributed by atoms with van der Waals surface area (Å²) >= 11 is 1.51. The average Bonchev–Trinajstić information content (AvgIpc) is 3.25. The van der Waals surface area contributed by atoms with Gasteiger partial charge in [0.25, 0.3) is 5.91 Å². The van der Waals surface area contributed by atoms with E-state index in [1.54, 1.807) is 0 Å². The van der Waals surface area contributed by atoms with Gasteiger partial charge in [-0.2, -0.15) is 11.3 Å². The molecule has 3 aromatic heterocycles. The van der Waals surface area contributed by atoms with Gasteiger partial charge in [0, 0.05) is 29.0 Å². The van der Waals surface area contributed by atoms with Gasteiger partial charge in [0.15, 0.2) is 0 Å². The highest BCUT2D eigenvalue weighted by Gasteiger charge is 2.07. The lowest BCUT2D eigenvalue weighted by Crippen LogP contribution is -2.10. The van der Waals surface area contributed by atoms with Crippen LogP contribution < -0.4 is 5.32 Å². The van der Waals surface area contributed by atoms with E-state index in [4.69, 9.17) is 0 Å². The number of benzene rings is 1. The smallest absolute Gasteiger partial charge is 0.256 e. The standard InChI is InChI=1S/C18H13N3OS/c22-18(14-8-10-23-12-14)19-15-6-4-13(5-7-15)16-11-21-9-2-1-3-17(21)20-16/h1-12H,(H,19,22). The number of carbonyl (C=O) groups excluding carboxylic acids is 1. The Bertz CT molecular complexity index is 923. The van der Waals surface area contributed by atoms with Crippen LogP contribution in [0.1, 0.15) is 10.4 Å². The van der Waals surface area contributed by atoms with Crippen LogP contribution in [-0.4, -0.2) is 15.3 Å². The van der Waals surface area contributed by atoms with E-state index in [2.05, 4.69) is 10.3 Å². The summed E-state index contributed by atoms with van der Waals surface area (Å²) in [6.45, 7) is 0. The molecule has 0 bridgehead atoms. The Morgan fingerprint density at radius 2 is 1.96 bits per heavy atom. The van der Waals surface area contributed by atoms with Crippen molar-refractivity contribution in [1.29, 1.82) is 0 Å². The number of amides is 1. The zero-order valence-corrected chi connectivity index (χ0v) is 13.0. The largest absolute Gasteiger partial charge is 0.322 e. The lowest BCUT2D eigenvalue weighted by Gasteiger charge is -2.04. The molecule has 1 aromatic carbocycles. The molecule has 4 aromatic rings. The third-order valence-corrected chi connectivity index (χ3v) is 4.27. The van der Waals surface area contributed by atoms with Gasteiger partial charge < -0.3 is 9.72 Å². The number of fused-ring (bicyclic) bond motifs is 1. The molecule has 4 rings (SSSR count). The van der Waals surface area contributed by atoms with Crippen molar-refractivity contribution in [2.24, 2.45) is 0 Å². The number of anilines is 1. The molecule has 0 atom stereocenters. The summed E-state index contributed by atoms with van der Waals surface area (Å²) in [4.78, 5) is 16.6. The van der Waals surface area contributed by atoms with Crippen LogP contribution in [0.15, 0.2) is 71.7 Å². The number of imidazole rings is 1. The van der Waals surface area contributed by atoms with Crippen molar-refractivity contribution in [3.05, 3.63) is 77.2 Å². The highest BCUT2D eigenvalue weighted by atomic mass is 32.1. The predicted molar refractivity (Wildman–Crippen MR) is 92.9 cm³/mol. The van der Waals surface area contributed by atoms with Crippen molar-refractivity contribution in [2.45, 2.75) is 0 Å². The van der Waals surface area contributed by atoms with Crippen LogP contribution in [-0.2, 0) is 0 Å². The number of carbonyl (C=O) groups is 1. The van der Waals surface area contributed by atoms with Crippen molar-refractivity contribution in [3.63, 3.8) is 0 Å². The topological polar surface area (TPSA) is 46.4 Å². The lowest BCUT2D eigenvalue weighted by atomic mass is 10.1. The van der Waals surface area contributed by atoms with E-state index in [0.717, 1.165) is 22.6 Å². The zero-order valence-electron chi connectivity index (χ0n) is 12.1. The third kappa shape index (κ3) is 2.74. The molecular weight excluding hydrogens is 306 g/mol. The first-order chi connectivity index (χ1) is 11.3. The van der Waals surface area contributed by atoms with Gasteiger partial charge in [-0.25, -0.2) is 4.98 Å². The number of nitrogens with zero attached hydrogens (tertiary/aromatic N) is 2. The molecular formula is C18H13N3OS. The first-order valence-corrected chi connectivity index (χ1v) is 8.11. The first kappa shape index (κ1) is 13.7. The normalized spacial score (nSPS) is 10.8. The summed E-state index contributed by atoms with van der Waals surface area (Å²) in [5, 5.41) is 6.62. The summed E-state index contributed by atoms with van der Waals surface area (Å²) < 4.78 is 1.99. The van der Waals surface area contributed by atoms with Gasteiger partial charge in [0.05, 0.1) is 11.3 Å². The maximum absolute atomic E-state index is 12.0. The van der Waals surface area contributed by atoms with E-state index in [-0.39, 0.29) is 5.91 Å². The average molecular weight is 319 g/mol. The Kier molecular flexibility index (Phi) is 3.40. The summed E-state index contributed by atoms with van der Waals surface area (Å²) in [7, 11) is 0. The molecule has 0 aliphatic heterocycles. The molecule has 112 valence electrons. The van der Waals surface area contributed by atoms with Gasteiger partial charge in [-0.15, -0.1) is 0 Å². The monoisotopic (exact) mass is 319 g/mol. The van der Waals surface area contributed by atoms with E-state index >= 15 is 0 Å².